The molecule has 0 amide bonds. The van der Waals surface area contributed by atoms with E-state index < -0.39 is 17.7 Å². The van der Waals surface area contributed by atoms with Crippen LogP contribution in [0.15, 0.2) is 12.1 Å². The molecule has 3 nitrogen and oxygen atoms in total. The molecule has 15 heavy (non-hydrogen) atoms. The topological polar surface area (TPSA) is 57.5 Å². The summed E-state index contributed by atoms with van der Waals surface area (Å²) in [6.45, 7) is 3.22. The van der Waals surface area contributed by atoms with Crippen molar-refractivity contribution in [2.24, 2.45) is 0 Å². The van der Waals surface area contributed by atoms with Crippen LogP contribution in [-0.2, 0) is 4.79 Å². The molecule has 1 rings (SSSR count). The highest BCUT2D eigenvalue weighted by Crippen LogP contribution is 2.28. The van der Waals surface area contributed by atoms with Gasteiger partial charge >= 0.3 is 5.97 Å². The van der Waals surface area contributed by atoms with Crippen LogP contribution in [0.2, 0.25) is 0 Å². The van der Waals surface area contributed by atoms with Crippen molar-refractivity contribution >= 4 is 5.97 Å². The molecule has 0 fully saturated rings. The molecular formula is C11H13FO3. The van der Waals surface area contributed by atoms with Crippen molar-refractivity contribution in [3.05, 3.63) is 29.1 Å². The summed E-state index contributed by atoms with van der Waals surface area (Å²) in [7, 11) is 0. The van der Waals surface area contributed by atoms with Gasteiger partial charge < -0.3 is 10.2 Å². The molecule has 4 heteroatoms. The van der Waals surface area contributed by atoms with Crippen molar-refractivity contribution in [2.45, 2.75) is 26.2 Å². The fourth-order valence-electron chi connectivity index (χ4n) is 1.47. The molecule has 0 aliphatic rings. The number of rotatable bonds is 3. The Morgan fingerprint density at radius 1 is 1.53 bits per heavy atom. The van der Waals surface area contributed by atoms with Crippen molar-refractivity contribution < 1.29 is 19.4 Å². The van der Waals surface area contributed by atoms with Gasteiger partial charge in [0.25, 0.3) is 0 Å². The standard InChI is InChI=1S/C11H13FO3/c1-3-7(11(14)15)8-5-10(13)6(2)4-9(8)12/h4-5,7,13H,3H2,1-2H3,(H,14,15). The summed E-state index contributed by atoms with van der Waals surface area (Å²) < 4.78 is 13.5. The van der Waals surface area contributed by atoms with Crippen molar-refractivity contribution in [3.63, 3.8) is 0 Å². The molecule has 0 aliphatic carbocycles. The second-order valence-electron chi connectivity index (χ2n) is 3.46. The van der Waals surface area contributed by atoms with Crippen molar-refractivity contribution in [1.82, 2.24) is 0 Å². The lowest BCUT2D eigenvalue weighted by Gasteiger charge is -2.12. The van der Waals surface area contributed by atoms with Gasteiger partial charge in [0.15, 0.2) is 0 Å². The van der Waals surface area contributed by atoms with E-state index in [1.54, 1.807) is 13.8 Å². The average Bonchev–Trinajstić information content (AvgIpc) is 2.14. The number of carboxylic acid groups (broad SMARTS) is 1. The number of phenolic OH excluding ortho intramolecular Hbond substituents is 1. The average molecular weight is 212 g/mol. The molecule has 0 radical (unpaired) electrons. The van der Waals surface area contributed by atoms with E-state index in [1.807, 2.05) is 0 Å². The number of benzene rings is 1. The van der Waals surface area contributed by atoms with Crippen LogP contribution in [-0.4, -0.2) is 16.2 Å². The van der Waals surface area contributed by atoms with Gasteiger partial charge in [0.1, 0.15) is 11.6 Å². The van der Waals surface area contributed by atoms with E-state index in [4.69, 9.17) is 5.11 Å². The Morgan fingerprint density at radius 2 is 2.13 bits per heavy atom. The molecule has 82 valence electrons. The second-order valence-corrected chi connectivity index (χ2v) is 3.46. The van der Waals surface area contributed by atoms with Crippen LogP contribution < -0.4 is 0 Å². The van der Waals surface area contributed by atoms with Gasteiger partial charge in [0.05, 0.1) is 5.92 Å². The van der Waals surface area contributed by atoms with E-state index >= 15 is 0 Å². The maximum Gasteiger partial charge on any atom is 0.311 e. The van der Waals surface area contributed by atoms with E-state index in [0.29, 0.717) is 5.56 Å². The predicted octanol–water partition coefficient (Wildman–Crippen LogP) is 2.42. The summed E-state index contributed by atoms with van der Waals surface area (Å²) in [6.07, 6.45) is 0.286. The van der Waals surface area contributed by atoms with Crippen molar-refractivity contribution in [3.8, 4) is 5.75 Å². The zero-order valence-electron chi connectivity index (χ0n) is 8.62. The highest BCUT2D eigenvalue weighted by molar-refractivity contribution is 5.76. The molecule has 1 unspecified atom stereocenters. The molecule has 0 spiro atoms. The molecule has 0 saturated heterocycles. The highest BCUT2D eigenvalue weighted by Gasteiger charge is 2.22. The molecule has 2 N–H and O–H groups in total. The number of carboxylic acids is 1. The van der Waals surface area contributed by atoms with E-state index in [9.17, 15) is 14.3 Å². The normalized spacial score (nSPS) is 12.5. The van der Waals surface area contributed by atoms with Crippen LogP contribution in [0.25, 0.3) is 0 Å². The fourth-order valence-corrected chi connectivity index (χ4v) is 1.47. The van der Waals surface area contributed by atoms with E-state index in [-0.39, 0.29) is 17.7 Å². The Bertz CT molecular complexity index is 388. The zero-order valence-corrected chi connectivity index (χ0v) is 8.62. The molecule has 0 bridgehead atoms. The number of hydrogen-bond donors (Lipinski definition) is 2. The quantitative estimate of drug-likeness (QED) is 0.808. The zero-order chi connectivity index (χ0) is 11.6. The van der Waals surface area contributed by atoms with Crippen LogP contribution in [0, 0.1) is 12.7 Å². The van der Waals surface area contributed by atoms with Crippen LogP contribution in [0.5, 0.6) is 5.75 Å². The van der Waals surface area contributed by atoms with Gasteiger partial charge in [0, 0.05) is 5.56 Å². The summed E-state index contributed by atoms with van der Waals surface area (Å²) in [5, 5.41) is 18.3. The number of aryl methyl sites for hydroxylation is 1. The highest BCUT2D eigenvalue weighted by atomic mass is 19.1. The number of halogens is 1. The van der Waals surface area contributed by atoms with Gasteiger partial charge in [-0.1, -0.05) is 6.92 Å². The lowest BCUT2D eigenvalue weighted by atomic mass is 9.95. The van der Waals surface area contributed by atoms with Gasteiger partial charge in [-0.05, 0) is 31.0 Å². The van der Waals surface area contributed by atoms with Crippen LogP contribution in [0.4, 0.5) is 4.39 Å². The monoisotopic (exact) mass is 212 g/mol. The maximum absolute atomic E-state index is 13.5. The number of phenols is 1. The first-order valence-electron chi connectivity index (χ1n) is 4.69. The van der Waals surface area contributed by atoms with Crippen LogP contribution >= 0.6 is 0 Å². The maximum atomic E-state index is 13.5. The molecule has 1 aromatic rings. The largest absolute Gasteiger partial charge is 0.508 e. The van der Waals surface area contributed by atoms with Crippen molar-refractivity contribution in [1.29, 1.82) is 0 Å². The molecule has 0 heterocycles. The molecule has 0 saturated carbocycles. The Hall–Kier alpha value is -1.58. The van der Waals surface area contributed by atoms with Crippen molar-refractivity contribution in [2.75, 3.05) is 0 Å². The first-order chi connectivity index (χ1) is 6.97. The van der Waals surface area contributed by atoms with Crippen LogP contribution in [0.1, 0.15) is 30.4 Å². The number of aliphatic carboxylic acids is 1. The minimum atomic E-state index is -1.08. The molecule has 1 atom stereocenters. The summed E-state index contributed by atoms with van der Waals surface area (Å²) in [4.78, 5) is 10.8. The Kier molecular flexibility index (Phi) is 3.29. The summed E-state index contributed by atoms with van der Waals surface area (Å²) in [6, 6.07) is 2.34. The van der Waals surface area contributed by atoms with Gasteiger partial charge in [-0.25, -0.2) is 4.39 Å². The first kappa shape index (κ1) is 11.5. The first-order valence-corrected chi connectivity index (χ1v) is 4.69. The minimum Gasteiger partial charge on any atom is -0.508 e. The number of hydrogen-bond acceptors (Lipinski definition) is 2. The Labute approximate surface area is 87.2 Å². The molecular weight excluding hydrogens is 199 g/mol. The molecule has 0 aliphatic heterocycles. The van der Waals surface area contributed by atoms with Gasteiger partial charge in [0.2, 0.25) is 0 Å². The predicted molar refractivity (Wildman–Crippen MR) is 53.5 cm³/mol. The minimum absolute atomic E-state index is 0.0353. The smallest absolute Gasteiger partial charge is 0.311 e. The van der Waals surface area contributed by atoms with Gasteiger partial charge in [-0.15, -0.1) is 0 Å². The third-order valence-electron chi connectivity index (χ3n) is 2.40. The Balaban J connectivity index is 3.24. The van der Waals surface area contributed by atoms with E-state index in [0.717, 1.165) is 6.07 Å². The number of aromatic hydroxyl groups is 1. The SMILES string of the molecule is CCC(C(=O)O)c1cc(O)c(C)cc1F. The fraction of sp³-hybridized carbons (Fsp3) is 0.364. The lowest BCUT2D eigenvalue weighted by Crippen LogP contribution is -2.12. The molecule has 1 aromatic carbocycles. The van der Waals surface area contributed by atoms with E-state index in [1.165, 1.54) is 6.07 Å². The second kappa shape index (κ2) is 4.29. The lowest BCUT2D eigenvalue weighted by molar-refractivity contribution is -0.138. The van der Waals surface area contributed by atoms with Crippen LogP contribution in [0.3, 0.4) is 0 Å². The Morgan fingerprint density at radius 3 is 2.60 bits per heavy atom. The molecule has 0 aromatic heterocycles. The summed E-state index contributed by atoms with van der Waals surface area (Å²) in [5.74, 6) is -2.65. The number of carbonyl (C=O) groups is 1. The third-order valence-corrected chi connectivity index (χ3v) is 2.40. The van der Waals surface area contributed by atoms with Gasteiger partial charge in [-0.3, -0.25) is 4.79 Å². The van der Waals surface area contributed by atoms with Gasteiger partial charge in [-0.2, -0.15) is 0 Å². The third kappa shape index (κ3) is 2.26. The van der Waals surface area contributed by atoms with E-state index in [2.05, 4.69) is 0 Å². The summed E-state index contributed by atoms with van der Waals surface area (Å²) >= 11 is 0. The summed E-state index contributed by atoms with van der Waals surface area (Å²) in [5.41, 5.74) is 0.435.